The Morgan fingerprint density at radius 1 is 1.44 bits per heavy atom. The Labute approximate surface area is 99.5 Å². The van der Waals surface area contributed by atoms with Gasteiger partial charge >= 0.3 is 7.75 Å². The van der Waals surface area contributed by atoms with Crippen LogP contribution in [0.1, 0.15) is 6.42 Å². The third-order valence-electron chi connectivity index (χ3n) is 2.20. The second-order valence-corrected chi connectivity index (χ2v) is 5.48. The van der Waals surface area contributed by atoms with Crippen molar-refractivity contribution in [2.75, 3.05) is 17.6 Å². The summed E-state index contributed by atoms with van der Waals surface area (Å²) >= 11 is 5.68. The van der Waals surface area contributed by atoms with Crippen molar-refractivity contribution in [3.63, 3.8) is 0 Å². The number of benzene rings is 1. The van der Waals surface area contributed by atoms with E-state index in [1.807, 2.05) is 18.2 Å². The van der Waals surface area contributed by atoms with Gasteiger partial charge in [0.05, 0.1) is 12.7 Å². The summed E-state index contributed by atoms with van der Waals surface area (Å²) in [6.45, 7) is 0.397. The standard InChI is InChI=1S/C10H13ClNO3P/c11-8-10-6-7-14-16(13,15-10)12-9-4-2-1-3-5-9/h1-5,10H,6-8H2,(H,12,13). The Balaban J connectivity index is 2.05. The van der Waals surface area contributed by atoms with Crippen LogP contribution in [0.25, 0.3) is 0 Å². The van der Waals surface area contributed by atoms with Crippen LogP contribution in [0.2, 0.25) is 0 Å². The van der Waals surface area contributed by atoms with Crippen molar-refractivity contribution in [2.24, 2.45) is 0 Å². The normalized spacial score (nSPS) is 29.9. The number of anilines is 1. The van der Waals surface area contributed by atoms with Crippen LogP contribution in [-0.2, 0) is 13.6 Å². The van der Waals surface area contributed by atoms with Gasteiger partial charge in [-0.2, -0.15) is 0 Å². The predicted octanol–water partition coefficient (Wildman–Crippen LogP) is 3.25. The summed E-state index contributed by atoms with van der Waals surface area (Å²) in [5.41, 5.74) is 0.709. The van der Waals surface area contributed by atoms with Gasteiger partial charge in [-0.3, -0.25) is 14.1 Å². The van der Waals surface area contributed by atoms with E-state index in [1.54, 1.807) is 12.1 Å². The molecule has 1 heterocycles. The Morgan fingerprint density at radius 2 is 2.19 bits per heavy atom. The quantitative estimate of drug-likeness (QED) is 0.670. The van der Waals surface area contributed by atoms with Crippen LogP contribution in [0.4, 0.5) is 5.69 Å². The van der Waals surface area contributed by atoms with Crippen molar-refractivity contribution in [1.82, 2.24) is 0 Å². The molecule has 6 heteroatoms. The molecule has 2 unspecified atom stereocenters. The molecule has 2 atom stereocenters. The lowest BCUT2D eigenvalue weighted by Crippen LogP contribution is -2.24. The predicted molar refractivity (Wildman–Crippen MR) is 63.8 cm³/mol. The fourth-order valence-corrected chi connectivity index (χ4v) is 3.29. The minimum Gasteiger partial charge on any atom is -0.293 e. The summed E-state index contributed by atoms with van der Waals surface area (Å²) in [5, 5.41) is 2.77. The topological polar surface area (TPSA) is 47.6 Å². The van der Waals surface area contributed by atoms with Crippen LogP contribution in [0.3, 0.4) is 0 Å². The van der Waals surface area contributed by atoms with Crippen LogP contribution in [-0.4, -0.2) is 18.6 Å². The summed E-state index contributed by atoms with van der Waals surface area (Å²) in [5.74, 6) is 0.323. The van der Waals surface area contributed by atoms with Gasteiger partial charge in [-0.1, -0.05) is 18.2 Å². The molecule has 1 saturated heterocycles. The van der Waals surface area contributed by atoms with E-state index < -0.39 is 7.75 Å². The number of hydrogen-bond donors (Lipinski definition) is 1. The second-order valence-electron chi connectivity index (χ2n) is 3.48. The van der Waals surface area contributed by atoms with E-state index in [4.69, 9.17) is 20.6 Å². The molecule has 4 nitrogen and oxygen atoms in total. The fourth-order valence-electron chi connectivity index (χ4n) is 1.42. The third kappa shape index (κ3) is 2.98. The van der Waals surface area contributed by atoms with Crippen molar-refractivity contribution in [3.05, 3.63) is 30.3 Å². The molecule has 16 heavy (non-hydrogen) atoms. The zero-order chi connectivity index (χ0) is 11.4. The Kier molecular flexibility index (Phi) is 3.87. The zero-order valence-electron chi connectivity index (χ0n) is 8.64. The molecule has 1 aromatic carbocycles. The minimum absolute atomic E-state index is 0.211. The van der Waals surface area contributed by atoms with Crippen LogP contribution in [0.15, 0.2) is 30.3 Å². The van der Waals surface area contributed by atoms with E-state index >= 15 is 0 Å². The highest BCUT2D eigenvalue weighted by Crippen LogP contribution is 2.52. The molecule has 0 amide bonds. The zero-order valence-corrected chi connectivity index (χ0v) is 10.3. The molecule has 0 radical (unpaired) electrons. The first kappa shape index (κ1) is 11.9. The summed E-state index contributed by atoms with van der Waals surface area (Å²) in [6, 6.07) is 9.17. The first-order valence-corrected chi connectivity index (χ1v) is 7.12. The third-order valence-corrected chi connectivity index (χ3v) is 4.18. The second kappa shape index (κ2) is 5.19. The fraction of sp³-hybridized carbons (Fsp3) is 0.400. The van der Waals surface area contributed by atoms with E-state index in [1.165, 1.54) is 0 Å². The highest BCUT2D eigenvalue weighted by Gasteiger charge is 2.33. The maximum atomic E-state index is 12.2. The van der Waals surface area contributed by atoms with Gasteiger partial charge in [0.15, 0.2) is 0 Å². The summed E-state index contributed by atoms with van der Waals surface area (Å²) < 4.78 is 22.6. The molecule has 1 aliphatic heterocycles. The highest BCUT2D eigenvalue weighted by molar-refractivity contribution is 7.55. The smallest absolute Gasteiger partial charge is 0.293 e. The van der Waals surface area contributed by atoms with E-state index in [0.29, 0.717) is 24.6 Å². The number of rotatable bonds is 3. The number of hydrogen-bond acceptors (Lipinski definition) is 3. The summed E-state index contributed by atoms with van der Waals surface area (Å²) in [6.07, 6.45) is 0.460. The average Bonchev–Trinajstić information content (AvgIpc) is 2.29. The summed E-state index contributed by atoms with van der Waals surface area (Å²) in [4.78, 5) is 0. The molecule has 0 spiro atoms. The van der Waals surface area contributed by atoms with E-state index in [2.05, 4.69) is 5.09 Å². The van der Waals surface area contributed by atoms with Gasteiger partial charge in [0, 0.05) is 11.6 Å². The first-order valence-electron chi connectivity index (χ1n) is 5.04. The molecule has 2 rings (SSSR count). The Hall–Kier alpha value is -0.540. The number of alkyl halides is 1. The number of para-hydroxylation sites is 1. The van der Waals surface area contributed by atoms with Gasteiger partial charge in [0.25, 0.3) is 0 Å². The van der Waals surface area contributed by atoms with Crippen molar-refractivity contribution >= 4 is 25.0 Å². The SMILES string of the molecule is O=P1(Nc2ccccc2)OCCC(CCl)O1. The molecule has 1 aromatic rings. The van der Waals surface area contributed by atoms with Crippen molar-refractivity contribution < 1.29 is 13.6 Å². The van der Waals surface area contributed by atoms with E-state index in [-0.39, 0.29) is 6.10 Å². The molecule has 0 aromatic heterocycles. The number of halogens is 1. The summed E-state index contributed by atoms with van der Waals surface area (Å²) in [7, 11) is -3.24. The molecule has 1 aliphatic rings. The van der Waals surface area contributed by atoms with Gasteiger partial charge in [-0.05, 0) is 18.6 Å². The van der Waals surface area contributed by atoms with Gasteiger partial charge < -0.3 is 0 Å². The van der Waals surface area contributed by atoms with Gasteiger partial charge in [0.1, 0.15) is 0 Å². The van der Waals surface area contributed by atoms with Gasteiger partial charge in [-0.15, -0.1) is 11.6 Å². The largest absolute Gasteiger partial charge is 0.433 e. The van der Waals surface area contributed by atoms with Crippen molar-refractivity contribution in [1.29, 1.82) is 0 Å². The van der Waals surface area contributed by atoms with Gasteiger partial charge in [0.2, 0.25) is 0 Å². The Bertz CT molecular complexity index is 387. The lowest BCUT2D eigenvalue weighted by atomic mass is 10.3. The number of nitrogens with one attached hydrogen (secondary N) is 1. The highest BCUT2D eigenvalue weighted by atomic mass is 35.5. The lowest BCUT2D eigenvalue weighted by molar-refractivity contribution is 0.0973. The molecular formula is C10H13ClNO3P. The molecule has 0 aliphatic carbocycles. The Morgan fingerprint density at radius 3 is 2.88 bits per heavy atom. The van der Waals surface area contributed by atoms with Crippen LogP contribution < -0.4 is 5.09 Å². The molecule has 1 fully saturated rings. The molecule has 88 valence electrons. The van der Waals surface area contributed by atoms with E-state index in [9.17, 15) is 4.57 Å². The molecule has 0 bridgehead atoms. The minimum atomic E-state index is -3.24. The first-order chi connectivity index (χ1) is 7.72. The van der Waals surface area contributed by atoms with Crippen molar-refractivity contribution in [3.8, 4) is 0 Å². The maximum absolute atomic E-state index is 12.2. The maximum Gasteiger partial charge on any atom is 0.433 e. The van der Waals surface area contributed by atoms with Crippen LogP contribution in [0.5, 0.6) is 0 Å². The van der Waals surface area contributed by atoms with Gasteiger partial charge in [-0.25, -0.2) is 4.57 Å². The average molecular weight is 262 g/mol. The lowest BCUT2D eigenvalue weighted by Gasteiger charge is -2.28. The molecule has 0 saturated carbocycles. The van der Waals surface area contributed by atoms with Crippen LogP contribution >= 0.6 is 19.3 Å². The molecular weight excluding hydrogens is 249 g/mol. The monoisotopic (exact) mass is 261 g/mol. The van der Waals surface area contributed by atoms with Crippen LogP contribution in [0, 0.1) is 0 Å². The van der Waals surface area contributed by atoms with E-state index in [0.717, 1.165) is 0 Å². The molecule has 1 N–H and O–H groups in total. The van der Waals surface area contributed by atoms with Crippen molar-refractivity contribution in [2.45, 2.75) is 12.5 Å².